The zero-order chi connectivity index (χ0) is 12.7. The first-order valence-electron chi connectivity index (χ1n) is 6.07. The molecule has 0 unspecified atom stereocenters. The van der Waals surface area contributed by atoms with Gasteiger partial charge in [-0.15, -0.1) is 0 Å². The van der Waals surface area contributed by atoms with Gasteiger partial charge in [0.25, 0.3) is 0 Å². The number of nitrogens with zero attached hydrogens (tertiary/aromatic N) is 1. The minimum Gasteiger partial charge on any atom is -0.353 e. The summed E-state index contributed by atoms with van der Waals surface area (Å²) < 4.78 is 0. The third-order valence-corrected chi connectivity index (χ3v) is 2.73. The van der Waals surface area contributed by atoms with Crippen LogP contribution in [0.5, 0.6) is 0 Å². The fourth-order valence-corrected chi connectivity index (χ4v) is 1.71. The van der Waals surface area contributed by atoms with E-state index in [1.807, 2.05) is 0 Å². The van der Waals surface area contributed by atoms with Crippen LogP contribution in [0, 0.1) is 0 Å². The lowest BCUT2D eigenvalue weighted by Crippen LogP contribution is -2.48. The van der Waals surface area contributed by atoms with E-state index in [9.17, 15) is 9.59 Å². The molecule has 0 aromatic heterocycles. The van der Waals surface area contributed by atoms with Gasteiger partial charge in [0.1, 0.15) is 0 Å². The van der Waals surface area contributed by atoms with Gasteiger partial charge in [0.15, 0.2) is 0 Å². The number of amides is 3. The molecule has 1 aliphatic heterocycles. The molecule has 0 radical (unpaired) electrons. The maximum atomic E-state index is 11.7. The van der Waals surface area contributed by atoms with E-state index in [2.05, 4.69) is 16.0 Å². The smallest absolute Gasteiger partial charge is 0.316 e. The number of rotatable bonds is 4. The van der Waals surface area contributed by atoms with E-state index >= 15 is 0 Å². The normalized spacial score (nSPS) is 19.5. The lowest BCUT2D eigenvalue weighted by molar-refractivity contribution is -0.123. The van der Waals surface area contributed by atoms with E-state index < -0.39 is 0 Å². The summed E-state index contributed by atoms with van der Waals surface area (Å²) in [6.07, 6.45) is 3.14. The van der Waals surface area contributed by atoms with Gasteiger partial charge in [-0.1, -0.05) is 6.42 Å². The van der Waals surface area contributed by atoms with E-state index in [1.54, 1.807) is 14.1 Å². The summed E-state index contributed by atoms with van der Waals surface area (Å²) in [5.41, 5.74) is 0. The van der Waals surface area contributed by atoms with Crippen LogP contribution >= 0.6 is 0 Å². The second-order valence-corrected chi connectivity index (χ2v) is 4.42. The van der Waals surface area contributed by atoms with Crippen molar-refractivity contribution in [1.29, 1.82) is 0 Å². The number of hydrogen-bond donors (Lipinski definition) is 3. The van der Waals surface area contributed by atoms with Crippen molar-refractivity contribution in [3.63, 3.8) is 0 Å². The summed E-state index contributed by atoms with van der Waals surface area (Å²) in [7, 11) is 3.36. The Bertz CT molecular complexity index is 262. The Morgan fingerprint density at radius 1 is 1.24 bits per heavy atom. The molecule has 1 fully saturated rings. The monoisotopic (exact) mass is 242 g/mol. The molecule has 3 amide bonds. The second-order valence-electron chi connectivity index (χ2n) is 4.42. The molecule has 6 heteroatoms. The van der Waals surface area contributed by atoms with Gasteiger partial charge in [0.2, 0.25) is 5.91 Å². The van der Waals surface area contributed by atoms with Crippen LogP contribution in [0.1, 0.15) is 19.3 Å². The zero-order valence-electron chi connectivity index (χ0n) is 10.6. The highest BCUT2D eigenvalue weighted by Crippen LogP contribution is 2.06. The molecule has 0 aliphatic carbocycles. The predicted molar refractivity (Wildman–Crippen MR) is 65.7 cm³/mol. The zero-order valence-corrected chi connectivity index (χ0v) is 10.6. The van der Waals surface area contributed by atoms with Gasteiger partial charge in [-0.3, -0.25) is 4.79 Å². The summed E-state index contributed by atoms with van der Waals surface area (Å²) in [4.78, 5) is 24.3. The molecule has 1 heterocycles. The fraction of sp³-hybridized carbons (Fsp3) is 0.818. The molecule has 1 rings (SSSR count). The van der Waals surface area contributed by atoms with Crippen LogP contribution in [0.25, 0.3) is 0 Å². The topological polar surface area (TPSA) is 73.5 Å². The Kier molecular flexibility index (Phi) is 5.76. The number of hydrogen-bond acceptors (Lipinski definition) is 3. The first kappa shape index (κ1) is 13.8. The van der Waals surface area contributed by atoms with Crippen LogP contribution in [-0.2, 0) is 4.79 Å². The molecule has 0 aromatic carbocycles. The minimum absolute atomic E-state index is 0.0313. The average Bonchev–Trinajstić information content (AvgIpc) is 2.35. The highest BCUT2D eigenvalue weighted by atomic mass is 16.2. The number of urea groups is 1. The third-order valence-electron chi connectivity index (χ3n) is 2.73. The van der Waals surface area contributed by atoms with Gasteiger partial charge in [-0.05, 0) is 19.4 Å². The molecule has 1 saturated heterocycles. The standard InChI is InChI=1S/C11H22N4O2/c1-15(2)11(17)14-8-7-13-10(16)9-5-3-4-6-12-9/h9,12H,3-8H2,1-2H3,(H,13,16)(H,14,17)/t9-/m1/s1. The molecule has 3 N–H and O–H groups in total. The predicted octanol–water partition coefficient (Wildman–Crippen LogP) is -0.484. The number of carbonyl (C=O) groups is 2. The lowest BCUT2D eigenvalue weighted by Gasteiger charge is -2.22. The van der Waals surface area contributed by atoms with E-state index in [0.29, 0.717) is 13.1 Å². The van der Waals surface area contributed by atoms with Gasteiger partial charge in [0.05, 0.1) is 6.04 Å². The van der Waals surface area contributed by atoms with E-state index in [0.717, 1.165) is 25.8 Å². The van der Waals surface area contributed by atoms with Crippen LogP contribution in [-0.4, -0.2) is 56.6 Å². The summed E-state index contributed by atoms with van der Waals surface area (Å²) in [5.74, 6) is 0.0313. The SMILES string of the molecule is CN(C)C(=O)NCCNC(=O)[C@H]1CCCCN1. The third kappa shape index (κ3) is 5.04. The van der Waals surface area contributed by atoms with Crippen molar-refractivity contribution in [2.24, 2.45) is 0 Å². The van der Waals surface area contributed by atoms with E-state index in [4.69, 9.17) is 0 Å². The van der Waals surface area contributed by atoms with Crippen molar-refractivity contribution < 1.29 is 9.59 Å². The molecule has 1 aliphatic rings. The van der Waals surface area contributed by atoms with Gasteiger partial charge in [-0.2, -0.15) is 0 Å². The Hall–Kier alpha value is -1.30. The molecule has 0 aromatic rings. The van der Waals surface area contributed by atoms with Gasteiger partial charge < -0.3 is 20.9 Å². The van der Waals surface area contributed by atoms with Crippen LogP contribution in [0.2, 0.25) is 0 Å². The lowest BCUT2D eigenvalue weighted by atomic mass is 10.0. The van der Waals surface area contributed by atoms with Crippen molar-refractivity contribution in [2.45, 2.75) is 25.3 Å². The summed E-state index contributed by atoms with van der Waals surface area (Å²) in [5, 5.41) is 8.68. The van der Waals surface area contributed by atoms with Crippen molar-refractivity contribution in [3.8, 4) is 0 Å². The Labute approximate surface area is 102 Å². The molecule has 0 spiro atoms. The van der Waals surface area contributed by atoms with Crippen LogP contribution in [0.4, 0.5) is 4.79 Å². The Balaban J connectivity index is 2.09. The summed E-state index contributed by atoms with van der Waals surface area (Å²) in [6.45, 7) is 1.83. The van der Waals surface area contributed by atoms with E-state index in [1.165, 1.54) is 4.90 Å². The largest absolute Gasteiger partial charge is 0.353 e. The molecule has 17 heavy (non-hydrogen) atoms. The maximum Gasteiger partial charge on any atom is 0.316 e. The highest BCUT2D eigenvalue weighted by molar-refractivity contribution is 5.81. The van der Waals surface area contributed by atoms with Crippen LogP contribution in [0.15, 0.2) is 0 Å². The average molecular weight is 242 g/mol. The molecular formula is C11H22N4O2. The number of carbonyl (C=O) groups excluding carboxylic acids is 2. The van der Waals surface area contributed by atoms with Gasteiger partial charge in [0, 0.05) is 27.2 Å². The summed E-state index contributed by atoms with van der Waals surface area (Å²) in [6, 6.07) is -0.205. The number of piperidine rings is 1. The number of nitrogens with one attached hydrogen (secondary N) is 3. The molecule has 6 nitrogen and oxygen atoms in total. The molecular weight excluding hydrogens is 220 g/mol. The second kappa shape index (κ2) is 7.11. The first-order valence-corrected chi connectivity index (χ1v) is 6.07. The van der Waals surface area contributed by atoms with Crippen LogP contribution in [0.3, 0.4) is 0 Å². The molecule has 1 atom stereocenters. The molecule has 98 valence electrons. The van der Waals surface area contributed by atoms with Crippen LogP contribution < -0.4 is 16.0 Å². The first-order chi connectivity index (χ1) is 8.11. The van der Waals surface area contributed by atoms with E-state index in [-0.39, 0.29) is 18.0 Å². The molecule has 0 bridgehead atoms. The minimum atomic E-state index is -0.143. The van der Waals surface area contributed by atoms with Crippen molar-refractivity contribution in [1.82, 2.24) is 20.9 Å². The van der Waals surface area contributed by atoms with Gasteiger partial charge >= 0.3 is 6.03 Å². The summed E-state index contributed by atoms with van der Waals surface area (Å²) >= 11 is 0. The van der Waals surface area contributed by atoms with Gasteiger partial charge in [-0.25, -0.2) is 4.79 Å². The molecule has 0 saturated carbocycles. The quantitative estimate of drug-likeness (QED) is 0.583. The van der Waals surface area contributed by atoms with Crippen molar-refractivity contribution >= 4 is 11.9 Å². The maximum absolute atomic E-state index is 11.7. The highest BCUT2D eigenvalue weighted by Gasteiger charge is 2.19. The van der Waals surface area contributed by atoms with Crippen molar-refractivity contribution in [2.75, 3.05) is 33.7 Å². The fourth-order valence-electron chi connectivity index (χ4n) is 1.71. The Morgan fingerprint density at radius 2 is 1.94 bits per heavy atom. The van der Waals surface area contributed by atoms with Crippen molar-refractivity contribution in [3.05, 3.63) is 0 Å². The Morgan fingerprint density at radius 3 is 2.53 bits per heavy atom.